The molecular formula is C11H15FN2O. The lowest BCUT2D eigenvalue weighted by Gasteiger charge is -2.20. The maximum Gasteiger partial charge on any atom is 0.223 e. The van der Waals surface area contributed by atoms with Crippen LogP contribution in [0.15, 0.2) is 24.3 Å². The van der Waals surface area contributed by atoms with Crippen LogP contribution < -0.4 is 10.6 Å². The lowest BCUT2D eigenvalue weighted by atomic mass is 10.2. The summed E-state index contributed by atoms with van der Waals surface area (Å²) in [4.78, 5) is 12.8. The lowest BCUT2D eigenvalue weighted by molar-refractivity contribution is -0.116. The van der Waals surface area contributed by atoms with E-state index in [1.54, 1.807) is 12.1 Å². The highest BCUT2D eigenvalue weighted by atomic mass is 19.1. The van der Waals surface area contributed by atoms with Gasteiger partial charge in [0.15, 0.2) is 0 Å². The molecule has 1 aromatic rings. The van der Waals surface area contributed by atoms with Crippen molar-refractivity contribution in [1.82, 2.24) is 0 Å². The predicted molar refractivity (Wildman–Crippen MR) is 58.1 cm³/mol. The Morgan fingerprint density at radius 1 is 1.53 bits per heavy atom. The molecule has 15 heavy (non-hydrogen) atoms. The van der Waals surface area contributed by atoms with Crippen LogP contribution in [0, 0.1) is 5.82 Å². The van der Waals surface area contributed by atoms with Gasteiger partial charge in [0.25, 0.3) is 0 Å². The molecule has 4 heteroatoms. The van der Waals surface area contributed by atoms with Crippen molar-refractivity contribution in [1.29, 1.82) is 0 Å². The number of hydrogen-bond acceptors (Lipinski definition) is 2. The van der Waals surface area contributed by atoms with Gasteiger partial charge in [0.1, 0.15) is 5.82 Å². The first-order chi connectivity index (χ1) is 7.15. The Bertz CT molecular complexity index is 341. The first-order valence-corrected chi connectivity index (χ1v) is 4.89. The van der Waals surface area contributed by atoms with Gasteiger partial charge in [-0.15, -0.1) is 0 Å². The fourth-order valence-corrected chi connectivity index (χ4v) is 1.36. The maximum absolute atomic E-state index is 13.0. The second-order valence-corrected chi connectivity index (χ2v) is 3.29. The fourth-order valence-electron chi connectivity index (χ4n) is 1.36. The van der Waals surface area contributed by atoms with E-state index >= 15 is 0 Å². The van der Waals surface area contributed by atoms with E-state index in [2.05, 4.69) is 0 Å². The SMILES string of the molecule is CC(=O)N(CCCN)c1cccc(F)c1. The third-order valence-corrected chi connectivity index (χ3v) is 2.09. The van der Waals surface area contributed by atoms with Crippen LogP contribution in [0.25, 0.3) is 0 Å². The summed E-state index contributed by atoms with van der Waals surface area (Å²) in [7, 11) is 0. The first kappa shape index (κ1) is 11.7. The molecular weight excluding hydrogens is 195 g/mol. The van der Waals surface area contributed by atoms with Crippen molar-refractivity contribution in [3.63, 3.8) is 0 Å². The Kier molecular flexibility index (Phi) is 4.24. The molecule has 0 radical (unpaired) electrons. The number of carbonyl (C=O) groups is 1. The molecule has 82 valence electrons. The standard InChI is InChI=1S/C11H15FN2O/c1-9(15)14(7-3-6-13)11-5-2-4-10(12)8-11/h2,4-5,8H,3,6-7,13H2,1H3. The molecule has 0 saturated heterocycles. The van der Waals surface area contributed by atoms with Gasteiger partial charge in [0.05, 0.1) is 0 Å². The summed E-state index contributed by atoms with van der Waals surface area (Å²) in [6.45, 7) is 2.50. The average molecular weight is 210 g/mol. The van der Waals surface area contributed by atoms with E-state index in [-0.39, 0.29) is 11.7 Å². The lowest BCUT2D eigenvalue weighted by Crippen LogP contribution is -2.30. The van der Waals surface area contributed by atoms with Crippen LogP contribution in [-0.4, -0.2) is 19.0 Å². The first-order valence-electron chi connectivity index (χ1n) is 4.89. The zero-order chi connectivity index (χ0) is 11.3. The van der Waals surface area contributed by atoms with Crippen molar-refractivity contribution >= 4 is 11.6 Å². The van der Waals surface area contributed by atoms with E-state index in [4.69, 9.17) is 5.73 Å². The number of hydrogen-bond donors (Lipinski definition) is 1. The van der Waals surface area contributed by atoms with Crippen LogP contribution in [-0.2, 0) is 4.79 Å². The summed E-state index contributed by atoms with van der Waals surface area (Å²) in [5.74, 6) is -0.444. The topological polar surface area (TPSA) is 46.3 Å². The van der Waals surface area contributed by atoms with Gasteiger partial charge in [-0.2, -0.15) is 0 Å². The van der Waals surface area contributed by atoms with Crippen LogP contribution >= 0.6 is 0 Å². The third kappa shape index (κ3) is 3.32. The monoisotopic (exact) mass is 210 g/mol. The number of anilines is 1. The summed E-state index contributed by atoms with van der Waals surface area (Å²) in [5, 5.41) is 0. The smallest absolute Gasteiger partial charge is 0.223 e. The maximum atomic E-state index is 13.0. The molecule has 1 aromatic carbocycles. The molecule has 0 aliphatic carbocycles. The number of carbonyl (C=O) groups excluding carboxylic acids is 1. The number of amides is 1. The Morgan fingerprint density at radius 2 is 2.27 bits per heavy atom. The van der Waals surface area contributed by atoms with Crippen molar-refractivity contribution in [2.24, 2.45) is 5.73 Å². The molecule has 0 aliphatic rings. The molecule has 0 fully saturated rings. The Morgan fingerprint density at radius 3 is 2.80 bits per heavy atom. The minimum atomic E-state index is -0.341. The Balaban J connectivity index is 2.84. The van der Waals surface area contributed by atoms with Crippen LogP contribution in [0.1, 0.15) is 13.3 Å². The molecule has 1 amide bonds. The van der Waals surface area contributed by atoms with Gasteiger partial charge in [0, 0.05) is 19.2 Å². The second-order valence-electron chi connectivity index (χ2n) is 3.29. The van der Waals surface area contributed by atoms with Crippen molar-refractivity contribution in [2.75, 3.05) is 18.0 Å². The normalized spacial score (nSPS) is 10.1. The highest BCUT2D eigenvalue weighted by molar-refractivity contribution is 5.91. The summed E-state index contributed by atoms with van der Waals surface area (Å²) in [6, 6.07) is 5.99. The number of nitrogens with zero attached hydrogens (tertiary/aromatic N) is 1. The third-order valence-electron chi connectivity index (χ3n) is 2.09. The summed E-state index contributed by atoms with van der Waals surface area (Å²) >= 11 is 0. The van der Waals surface area contributed by atoms with Crippen molar-refractivity contribution in [2.45, 2.75) is 13.3 Å². The van der Waals surface area contributed by atoms with Crippen LogP contribution in [0.5, 0.6) is 0 Å². The van der Waals surface area contributed by atoms with Gasteiger partial charge in [0.2, 0.25) is 5.91 Å². The van der Waals surface area contributed by atoms with Gasteiger partial charge in [-0.3, -0.25) is 4.79 Å². The molecule has 0 aliphatic heterocycles. The molecule has 0 aromatic heterocycles. The Hall–Kier alpha value is -1.42. The molecule has 0 spiro atoms. The van der Waals surface area contributed by atoms with E-state index in [9.17, 15) is 9.18 Å². The van der Waals surface area contributed by atoms with Crippen LogP contribution in [0.4, 0.5) is 10.1 Å². The summed E-state index contributed by atoms with van der Waals surface area (Å²) in [6.07, 6.45) is 0.704. The van der Waals surface area contributed by atoms with Gasteiger partial charge in [-0.1, -0.05) is 6.07 Å². The summed E-state index contributed by atoms with van der Waals surface area (Å²) in [5.41, 5.74) is 5.95. The molecule has 3 nitrogen and oxygen atoms in total. The molecule has 0 heterocycles. The van der Waals surface area contributed by atoms with E-state index in [0.29, 0.717) is 25.2 Å². The highest BCUT2D eigenvalue weighted by Crippen LogP contribution is 2.15. The molecule has 0 saturated carbocycles. The number of halogens is 1. The highest BCUT2D eigenvalue weighted by Gasteiger charge is 2.10. The van der Waals surface area contributed by atoms with Crippen molar-refractivity contribution in [3.05, 3.63) is 30.1 Å². The minimum Gasteiger partial charge on any atom is -0.330 e. The van der Waals surface area contributed by atoms with E-state index in [1.807, 2.05) is 0 Å². The predicted octanol–water partition coefficient (Wildman–Crippen LogP) is 1.53. The van der Waals surface area contributed by atoms with E-state index in [1.165, 1.54) is 24.0 Å². The number of rotatable bonds is 4. The molecule has 0 bridgehead atoms. The van der Waals surface area contributed by atoms with Crippen LogP contribution in [0.2, 0.25) is 0 Å². The van der Waals surface area contributed by atoms with Gasteiger partial charge < -0.3 is 10.6 Å². The minimum absolute atomic E-state index is 0.103. The van der Waals surface area contributed by atoms with Gasteiger partial charge in [-0.05, 0) is 31.2 Å². The molecule has 0 atom stereocenters. The molecule has 2 N–H and O–H groups in total. The number of nitrogens with two attached hydrogens (primary N) is 1. The second kappa shape index (κ2) is 5.46. The van der Waals surface area contributed by atoms with Gasteiger partial charge in [-0.25, -0.2) is 4.39 Å². The molecule has 1 rings (SSSR count). The fraction of sp³-hybridized carbons (Fsp3) is 0.364. The zero-order valence-electron chi connectivity index (χ0n) is 8.74. The number of benzene rings is 1. The van der Waals surface area contributed by atoms with Gasteiger partial charge >= 0.3 is 0 Å². The van der Waals surface area contributed by atoms with E-state index in [0.717, 1.165) is 0 Å². The quantitative estimate of drug-likeness (QED) is 0.819. The summed E-state index contributed by atoms with van der Waals surface area (Å²) < 4.78 is 13.0. The van der Waals surface area contributed by atoms with Crippen molar-refractivity contribution in [3.8, 4) is 0 Å². The van der Waals surface area contributed by atoms with Crippen molar-refractivity contribution < 1.29 is 9.18 Å². The zero-order valence-corrected chi connectivity index (χ0v) is 8.74. The Labute approximate surface area is 88.7 Å². The largest absolute Gasteiger partial charge is 0.330 e. The van der Waals surface area contributed by atoms with Crippen LogP contribution in [0.3, 0.4) is 0 Å². The molecule has 0 unspecified atom stereocenters. The average Bonchev–Trinajstić information content (AvgIpc) is 2.18. The van der Waals surface area contributed by atoms with E-state index < -0.39 is 0 Å².